The lowest BCUT2D eigenvalue weighted by Crippen LogP contribution is -2.22. The maximum atomic E-state index is 3.55. The highest BCUT2D eigenvalue weighted by molar-refractivity contribution is 9.25. The van der Waals surface area contributed by atoms with Gasteiger partial charge in [-0.15, -0.1) is 0 Å². The molecule has 0 heterocycles. The van der Waals surface area contributed by atoms with E-state index in [1.165, 1.54) is 0 Å². The van der Waals surface area contributed by atoms with Gasteiger partial charge < -0.3 is 10.9 Å². The van der Waals surface area contributed by atoms with Crippen LogP contribution < -0.4 is 10.9 Å². The van der Waals surface area contributed by atoms with Crippen LogP contribution in [0.25, 0.3) is 0 Å². The fourth-order valence-electron chi connectivity index (χ4n) is 1.35. The van der Waals surface area contributed by atoms with Gasteiger partial charge >= 0.3 is 0 Å². The number of allylic oxidation sites excluding steroid dienone is 3. The first-order valence-corrected chi connectivity index (χ1v) is 6.59. The molecule has 0 amide bonds. The van der Waals surface area contributed by atoms with E-state index < -0.39 is 0 Å². The molecule has 1 aliphatic carbocycles. The van der Waals surface area contributed by atoms with E-state index >= 15 is 0 Å². The van der Waals surface area contributed by atoms with Crippen molar-refractivity contribution < 1.29 is 0 Å². The summed E-state index contributed by atoms with van der Waals surface area (Å²) >= 11 is 7.11. The van der Waals surface area contributed by atoms with Gasteiger partial charge in [0.15, 0.2) is 0 Å². The van der Waals surface area contributed by atoms with Gasteiger partial charge in [-0.25, -0.2) is 0 Å². The Hall–Kier alpha value is -0.740. The molecule has 1 aromatic rings. The highest BCUT2D eigenvalue weighted by Gasteiger charge is 2.20. The molecule has 1 aromatic carbocycles. The Labute approximate surface area is 112 Å². The van der Waals surface area contributed by atoms with E-state index in [-0.39, 0.29) is 3.23 Å². The summed E-state index contributed by atoms with van der Waals surface area (Å²) in [5.41, 5.74) is 8.42. The third-order valence-electron chi connectivity index (χ3n) is 2.23. The minimum atomic E-state index is -0.0854. The van der Waals surface area contributed by atoms with Crippen molar-refractivity contribution in [2.24, 2.45) is 0 Å². The van der Waals surface area contributed by atoms with Crippen molar-refractivity contribution in [2.45, 2.75) is 9.65 Å². The Morgan fingerprint density at radius 2 is 1.81 bits per heavy atom. The Balaban J connectivity index is 1.89. The molecule has 4 heteroatoms. The molecule has 0 aliphatic heterocycles. The Kier molecular flexibility index (Phi) is 3.71. The lowest BCUT2D eigenvalue weighted by Gasteiger charge is -2.20. The summed E-state index contributed by atoms with van der Waals surface area (Å²) in [6.45, 7) is 0. The fraction of sp³-hybridized carbons (Fsp3) is 0.167. The van der Waals surface area contributed by atoms with Gasteiger partial charge in [-0.3, -0.25) is 0 Å². The van der Waals surface area contributed by atoms with Crippen LogP contribution in [-0.4, -0.2) is 3.23 Å². The van der Waals surface area contributed by atoms with E-state index in [1.54, 1.807) is 0 Å². The van der Waals surface area contributed by atoms with E-state index in [1.807, 2.05) is 36.4 Å². The number of rotatable bonds is 3. The summed E-state index contributed by atoms with van der Waals surface area (Å²) < 4.78 is -0.0854. The number of benzene rings is 1. The molecule has 0 saturated carbocycles. The second-order valence-electron chi connectivity index (χ2n) is 3.57. The summed E-state index contributed by atoms with van der Waals surface area (Å²) in [6.07, 6.45) is 7.13. The van der Waals surface area contributed by atoms with Gasteiger partial charge in [-0.05, 0) is 24.6 Å². The smallest absolute Gasteiger partial charge is 0.102 e. The van der Waals surface area contributed by atoms with E-state index in [0.29, 0.717) is 0 Å². The Bertz CT molecular complexity index is 410. The summed E-state index contributed by atoms with van der Waals surface area (Å²) in [5, 5.41) is 0. The number of halogens is 2. The molecular formula is C12H12Br2N2. The van der Waals surface area contributed by atoms with Gasteiger partial charge in [0, 0.05) is 5.70 Å². The van der Waals surface area contributed by atoms with Crippen molar-refractivity contribution in [2.75, 3.05) is 5.43 Å². The van der Waals surface area contributed by atoms with Crippen molar-refractivity contribution in [1.29, 1.82) is 0 Å². The molecule has 0 aromatic heterocycles. The first-order chi connectivity index (χ1) is 7.66. The van der Waals surface area contributed by atoms with Crippen LogP contribution in [0.4, 0.5) is 5.69 Å². The molecule has 2 rings (SSSR count). The fourth-order valence-corrected chi connectivity index (χ4v) is 1.94. The Morgan fingerprint density at radius 1 is 1.06 bits per heavy atom. The quantitative estimate of drug-likeness (QED) is 0.641. The molecule has 84 valence electrons. The standard InChI is InChI=1S/C12H12Br2N2/c13-12(14)8-6-11(7-9-12)16-15-10-4-2-1-3-5-10/h1-8,15-16H,9H2. The summed E-state index contributed by atoms with van der Waals surface area (Å²) in [5.74, 6) is 0. The molecule has 16 heavy (non-hydrogen) atoms. The van der Waals surface area contributed by atoms with Crippen molar-refractivity contribution >= 4 is 37.5 Å². The van der Waals surface area contributed by atoms with Crippen molar-refractivity contribution in [1.82, 2.24) is 5.43 Å². The number of hydrogen-bond donors (Lipinski definition) is 2. The van der Waals surface area contributed by atoms with Crippen LogP contribution in [0.5, 0.6) is 0 Å². The van der Waals surface area contributed by atoms with Gasteiger partial charge in [0.05, 0.1) is 5.69 Å². The lowest BCUT2D eigenvalue weighted by atomic mass is 10.1. The second kappa shape index (κ2) is 5.06. The molecule has 0 spiro atoms. The lowest BCUT2D eigenvalue weighted by molar-refractivity contribution is 0.924. The molecule has 0 saturated heterocycles. The van der Waals surface area contributed by atoms with Gasteiger partial charge in [0.1, 0.15) is 3.23 Å². The molecular weight excluding hydrogens is 332 g/mol. The zero-order valence-electron chi connectivity index (χ0n) is 8.58. The third-order valence-corrected chi connectivity index (χ3v) is 3.40. The molecule has 0 unspecified atom stereocenters. The molecule has 1 aliphatic rings. The van der Waals surface area contributed by atoms with Crippen LogP contribution >= 0.6 is 31.9 Å². The highest BCUT2D eigenvalue weighted by Crippen LogP contribution is 2.35. The Morgan fingerprint density at radius 3 is 2.44 bits per heavy atom. The van der Waals surface area contributed by atoms with Gasteiger partial charge in [-0.2, -0.15) is 0 Å². The third kappa shape index (κ3) is 3.39. The molecule has 2 nitrogen and oxygen atoms in total. The van der Waals surface area contributed by atoms with Crippen LogP contribution in [0.3, 0.4) is 0 Å². The van der Waals surface area contributed by atoms with E-state index in [0.717, 1.165) is 17.8 Å². The van der Waals surface area contributed by atoms with Crippen LogP contribution in [0, 0.1) is 0 Å². The van der Waals surface area contributed by atoms with Gasteiger partial charge in [0.2, 0.25) is 0 Å². The van der Waals surface area contributed by atoms with Crippen LogP contribution in [0.2, 0.25) is 0 Å². The number of para-hydroxylation sites is 1. The average molecular weight is 344 g/mol. The van der Waals surface area contributed by atoms with E-state index in [4.69, 9.17) is 0 Å². The van der Waals surface area contributed by atoms with Crippen LogP contribution in [0.1, 0.15) is 6.42 Å². The number of hydrogen-bond acceptors (Lipinski definition) is 2. The van der Waals surface area contributed by atoms with Crippen molar-refractivity contribution in [3.05, 3.63) is 54.3 Å². The topological polar surface area (TPSA) is 24.1 Å². The summed E-state index contributed by atoms with van der Waals surface area (Å²) in [7, 11) is 0. The molecule has 0 fully saturated rings. The predicted molar refractivity (Wildman–Crippen MR) is 75.6 cm³/mol. The van der Waals surface area contributed by atoms with Crippen molar-refractivity contribution in [3.63, 3.8) is 0 Å². The normalized spacial score (nSPS) is 17.8. The predicted octanol–water partition coefficient (Wildman–Crippen LogP) is 3.93. The largest absolute Gasteiger partial charge is 0.301 e. The first kappa shape index (κ1) is 11.7. The molecule has 0 atom stereocenters. The van der Waals surface area contributed by atoms with Crippen molar-refractivity contribution in [3.8, 4) is 0 Å². The van der Waals surface area contributed by atoms with Gasteiger partial charge in [0.25, 0.3) is 0 Å². The van der Waals surface area contributed by atoms with Crippen LogP contribution in [0.15, 0.2) is 54.3 Å². The number of anilines is 1. The van der Waals surface area contributed by atoms with Crippen LogP contribution in [-0.2, 0) is 0 Å². The molecule has 0 bridgehead atoms. The second-order valence-corrected chi connectivity index (χ2v) is 7.47. The number of nitrogens with one attached hydrogen (secondary N) is 2. The average Bonchev–Trinajstić information content (AvgIpc) is 2.29. The van der Waals surface area contributed by atoms with E-state index in [9.17, 15) is 0 Å². The molecule has 0 radical (unpaired) electrons. The summed E-state index contributed by atoms with van der Waals surface area (Å²) in [4.78, 5) is 0. The number of hydrazine groups is 1. The maximum Gasteiger partial charge on any atom is 0.102 e. The highest BCUT2D eigenvalue weighted by atomic mass is 79.9. The minimum absolute atomic E-state index is 0.0854. The monoisotopic (exact) mass is 342 g/mol. The zero-order chi connectivity index (χ0) is 11.4. The SMILES string of the molecule is BrC1(Br)C=CC(NNc2ccccc2)=CC1. The molecule has 2 N–H and O–H groups in total. The van der Waals surface area contributed by atoms with Gasteiger partial charge in [-0.1, -0.05) is 62.2 Å². The zero-order valence-corrected chi connectivity index (χ0v) is 11.8. The summed E-state index contributed by atoms with van der Waals surface area (Å²) in [6, 6.07) is 10.0. The first-order valence-electron chi connectivity index (χ1n) is 5.00. The maximum absolute atomic E-state index is 3.55. The number of alkyl halides is 2. The van der Waals surface area contributed by atoms with E-state index in [2.05, 4.69) is 54.9 Å². The minimum Gasteiger partial charge on any atom is -0.301 e.